The number of aliphatic carboxylic acids is 1. The zero-order valence-corrected chi connectivity index (χ0v) is 7.83. The van der Waals surface area contributed by atoms with Crippen LogP contribution in [0.25, 0.3) is 0 Å². The summed E-state index contributed by atoms with van der Waals surface area (Å²) in [5.41, 5.74) is -2.36. The molecular weight excluding hydrogens is 222 g/mol. The number of pyridine rings is 1. The number of nitriles is 1. The van der Waals surface area contributed by atoms with Crippen LogP contribution >= 0.6 is 0 Å². The number of hydrogen-bond acceptors (Lipinski definition) is 3. The van der Waals surface area contributed by atoms with Gasteiger partial charge in [0.15, 0.2) is 5.43 Å². The molecule has 1 aromatic rings. The van der Waals surface area contributed by atoms with Gasteiger partial charge < -0.3 is 10.1 Å². The maximum Gasteiger partial charge on any atom is 0.309 e. The number of carboxylic acid groups (broad SMARTS) is 1. The minimum atomic E-state index is -2.92. The highest BCUT2D eigenvalue weighted by Crippen LogP contribution is 2.16. The number of halogens is 2. The predicted molar refractivity (Wildman–Crippen MR) is 48.1 cm³/mol. The summed E-state index contributed by atoms with van der Waals surface area (Å²) in [5, 5.41) is 17.1. The molecule has 0 aromatic carbocycles. The molecule has 0 saturated carbocycles. The predicted octanol–water partition coefficient (Wildman–Crippen LogP) is 0.811. The second-order valence-corrected chi connectivity index (χ2v) is 2.93. The highest BCUT2D eigenvalue weighted by Gasteiger charge is 2.16. The third kappa shape index (κ3) is 2.42. The summed E-state index contributed by atoms with van der Waals surface area (Å²) in [5.74, 6) is -1.32. The first-order chi connectivity index (χ1) is 7.45. The first kappa shape index (κ1) is 11.8. The van der Waals surface area contributed by atoms with E-state index in [0.717, 1.165) is 0 Å². The van der Waals surface area contributed by atoms with E-state index >= 15 is 0 Å². The largest absolute Gasteiger partial charge is 0.481 e. The summed E-state index contributed by atoms with van der Waals surface area (Å²) in [6.45, 7) is 0. The van der Waals surface area contributed by atoms with Crippen LogP contribution in [-0.2, 0) is 11.2 Å². The molecule has 0 atom stereocenters. The molecule has 0 amide bonds. The smallest absolute Gasteiger partial charge is 0.309 e. The number of alkyl halides is 2. The van der Waals surface area contributed by atoms with Gasteiger partial charge in [0.05, 0.1) is 12.1 Å². The normalized spacial score (nSPS) is 10.1. The van der Waals surface area contributed by atoms with E-state index in [1.807, 2.05) is 0 Å². The Morgan fingerprint density at radius 3 is 2.69 bits per heavy atom. The first-order valence-corrected chi connectivity index (χ1v) is 4.12. The summed E-state index contributed by atoms with van der Waals surface area (Å²) in [6, 6.07) is 2.08. The number of H-pyrrole nitrogens is 1. The van der Waals surface area contributed by atoms with E-state index in [9.17, 15) is 18.4 Å². The van der Waals surface area contributed by atoms with Gasteiger partial charge in [0.2, 0.25) is 0 Å². The number of carbonyl (C=O) groups is 1. The molecule has 0 saturated heterocycles. The van der Waals surface area contributed by atoms with Crippen LogP contribution < -0.4 is 5.43 Å². The molecule has 0 aliphatic rings. The number of hydrogen-bond donors (Lipinski definition) is 2. The van der Waals surface area contributed by atoms with E-state index in [2.05, 4.69) is 4.98 Å². The zero-order valence-electron chi connectivity index (χ0n) is 7.83. The minimum Gasteiger partial charge on any atom is -0.481 e. The number of nitrogens with zero attached hydrogens (tertiary/aromatic N) is 1. The third-order valence-corrected chi connectivity index (χ3v) is 1.80. The summed E-state index contributed by atoms with van der Waals surface area (Å²) < 4.78 is 24.6. The lowest BCUT2D eigenvalue weighted by Crippen LogP contribution is -2.16. The zero-order chi connectivity index (χ0) is 12.3. The highest BCUT2D eigenvalue weighted by molar-refractivity contribution is 5.70. The van der Waals surface area contributed by atoms with Crippen molar-refractivity contribution >= 4 is 5.97 Å². The van der Waals surface area contributed by atoms with Gasteiger partial charge in [0, 0.05) is 11.8 Å². The Hall–Kier alpha value is -2.23. The van der Waals surface area contributed by atoms with Gasteiger partial charge in [-0.05, 0) is 0 Å². The van der Waals surface area contributed by atoms with E-state index in [-0.39, 0.29) is 5.69 Å². The lowest BCUT2D eigenvalue weighted by atomic mass is 10.1. The molecule has 0 fully saturated rings. The number of aromatic amines is 1. The molecule has 0 aliphatic heterocycles. The van der Waals surface area contributed by atoms with Crippen molar-refractivity contribution in [3.63, 3.8) is 0 Å². The molecule has 7 heteroatoms. The highest BCUT2D eigenvalue weighted by atomic mass is 19.3. The van der Waals surface area contributed by atoms with Crippen LogP contribution in [0.1, 0.15) is 23.4 Å². The molecule has 0 unspecified atom stereocenters. The Balaban J connectivity index is 3.38. The molecule has 0 aliphatic carbocycles. The minimum absolute atomic E-state index is 0.308. The van der Waals surface area contributed by atoms with Crippen LogP contribution in [0.5, 0.6) is 0 Å². The third-order valence-electron chi connectivity index (χ3n) is 1.80. The van der Waals surface area contributed by atoms with Crippen LogP contribution in [0.3, 0.4) is 0 Å². The van der Waals surface area contributed by atoms with Crippen LogP contribution in [-0.4, -0.2) is 16.1 Å². The Morgan fingerprint density at radius 2 is 2.25 bits per heavy atom. The number of nitrogens with one attached hydrogen (secondary N) is 1. The van der Waals surface area contributed by atoms with Gasteiger partial charge in [0.1, 0.15) is 11.6 Å². The van der Waals surface area contributed by atoms with Crippen molar-refractivity contribution in [2.45, 2.75) is 12.8 Å². The fourth-order valence-electron chi connectivity index (χ4n) is 1.16. The Labute approximate surface area is 88.0 Å². The topological polar surface area (TPSA) is 93.9 Å². The molecule has 16 heavy (non-hydrogen) atoms. The van der Waals surface area contributed by atoms with Crippen molar-refractivity contribution in [3.05, 3.63) is 33.2 Å². The molecule has 0 radical (unpaired) electrons. The maximum absolute atomic E-state index is 12.3. The Kier molecular flexibility index (Phi) is 3.35. The molecule has 1 heterocycles. The first-order valence-electron chi connectivity index (χ1n) is 4.12. The summed E-state index contributed by atoms with van der Waals surface area (Å²) in [4.78, 5) is 23.7. The van der Waals surface area contributed by atoms with E-state index < -0.39 is 35.5 Å². The van der Waals surface area contributed by atoms with E-state index in [1.54, 1.807) is 0 Å². The van der Waals surface area contributed by atoms with Crippen molar-refractivity contribution in [1.82, 2.24) is 4.98 Å². The number of carboxylic acids is 1. The van der Waals surface area contributed by atoms with Crippen molar-refractivity contribution in [2.24, 2.45) is 0 Å². The SMILES string of the molecule is N#Cc1c(CC(=O)O)[nH]c(C(F)F)cc1=O. The van der Waals surface area contributed by atoms with Gasteiger partial charge in [-0.2, -0.15) is 5.26 Å². The van der Waals surface area contributed by atoms with Crippen LogP contribution in [0.2, 0.25) is 0 Å². The summed E-state index contributed by atoms with van der Waals surface area (Å²) in [7, 11) is 0. The van der Waals surface area contributed by atoms with Gasteiger partial charge in [-0.1, -0.05) is 0 Å². The van der Waals surface area contributed by atoms with Crippen molar-refractivity contribution in [2.75, 3.05) is 0 Å². The average molecular weight is 228 g/mol. The maximum atomic E-state index is 12.3. The Morgan fingerprint density at radius 1 is 1.62 bits per heavy atom. The van der Waals surface area contributed by atoms with Gasteiger partial charge in [-0.3, -0.25) is 9.59 Å². The molecule has 0 spiro atoms. The fraction of sp³-hybridized carbons (Fsp3) is 0.222. The second kappa shape index (κ2) is 4.53. The molecule has 84 valence electrons. The average Bonchev–Trinajstić information content (AvgIpc) is 2.16. The summed E-state index contributed by atoms with van der Waals surface area (Å²) in [6.07, 6.45) is -3.61. The molecule has 0 bridgehead atoms. The van der Waals surface area contributed by atoms with Crippen molar-refractivity contribution < 1.29 is 18.7 Å². The quantitative estimate of drug-likeness (QED) is 0.800. The van der Waals surface area contributed by atoms with Crippen molar-refractivity contribution in [1.29, 1.82) is 5.26 Å². The van der Waals surface area contributed by atoms with Gasteiger partial charge in [-0.25, -0.2) is 8.78 Å². The van der Waals surface area contributed by atoms with Gasteiger partial charge >= 0.3 is 5.97 Å². The monoisotopic (exact) mass is 228 g/mol. The second-order valence-electron chi connectivity index (χ2n) is 2.93. The van der Waals surface area contributed by atoms with Crippen LogP contribution in [0, 0.1) is 11.3 Å². The number of rotatable bonds is 3. The molecule has 1 rings (SSSR count). The lowest BCUT2D eigenvalue weighted by Gasteiger charge is -2.05. The molecular formula is C9H6F2N2O3. The fourth-order valence-corrected chi connectivity index (χ4v) is 1.16. The lowest BCUT2D eigenvalue weighted by molar-refractivity contribution is -0.136. The molecule has 5 nitrogen and oxygen atoms in total. The van der Waals surface area contributed by atoms with Gasteiger partial charge in [-0.15, -0.1) is 0 Å². The van der Waals surface area contributed by atoms with E-state index in [0.29, 0.717) is 6.07 Å². The van der Waals surface area contributed by atoms with E-state index in [1.165, 1.54) is 6.07 Å². The molecule has 1 aromatic heterocycles. The Bertz CT molecular complexity index is 516. The van der Waals surface area contributed by atoms with Crippen molar-refractivity contribution in [3.8, 4) is 6.07 Å². The standard InChI is InChI=1S/C9H6F2N2O3/c10-9(11)6-1-7(14)4(3-12)5(13-6)2-8(15)16/h1,9H,2H2,(H,13,14)(H,15,16). The molecule has 2 N–H and O–H groups in total. The van der Waals surface area contributed by atoms with Gasteiger partial charge in [0.25, 0.3) is 6.43 Å². The van der Waals surface area contributed by atoms with E-state index in [4.69, 9.17) is 10.4 Å². The number of aromatic nitrogens is 1. The van der Waals surface area contributed by atoms with Crippen LogP contribution in [0.15, 0.2) is 10.9 Å². The summed E-state index contributed by atoms with van der Waals surface area (Å²) >= 11 is 0. The van der Waals surface area contributed by atoms with Crippen LogP contribution in [0.4, 0.5) is 8.78 Å².